The molecular formula is C27H25ClN2O6S. The summed E-state index contributed by atoms with van der Waals surface area (Å²) < 4.78 is 28.5. The molecule has 1 heterocycles. The van der Waals surface area contributed by atoms with Crippen molar-refractivity contribution in [2.24, 2.45) is 5.14 Å². The predicted octanol–water partition coefficient (Wildman–Crippen LogP) is 4.05. The zero-order valence-corrected chi connectivity index (χ0v) is 21.5. The van der Waals surface area contributed by atoms with E-state index in [1.165, 1.54) is 17.0 Å². The molecule has 10 heteroatoms. The Balaban J connectivity index is 1.72. The number of Topliss-reactive ketones (excluding diaryl/α,β-unsaturated/α-hetero) is 1. The fourth-order valence-electron chi connectivity index (χ4n) is 4.26. The van der Waals surface area contributed by atoms with Crippen LogP contribution in [0, 0.1) is 0 Å². The summed E-state index contributed by atoms with van der Waals surface area (Å²) in [7, 11) is -3.83. The highest BCUT2D eigenvalue weighted by molar-refractivity contribution is 7.89. The van der Waals surface area contributed by atoms with Gasteiger partial charge >= 0.3 is 0 Å². The van der Waals surface area contributed by atoms with E-state index in [9.17, 15) is 23.1 Å². The van der Waals surface area contributed by atoms with Crippen LogP contribution in [0.25, 0.3) is 5.76 Å². The number of aliphatic hydroxyl groups is 1. The van der Waals surface area contributed by atoms with Gasteiger partial charge in [0, 0.05) is 17.1 Å². The van der Waals surface area contributed by atoms with Crippen molar-refractivity contribution in [3.63, 3.8) is 0 Å². The van der Waals surface area contributed by atoms with Gasteiger partial charge in [-0.2, -0.15) is 0 Å². The second-order valence-electron chi connectivity index (χ2n) is 8.41. The highest BCUT2D eigenvalue weighted by atomic mass is 35.5. The number of hydrogen-bond acceptors (Lipinski definition) is 6. The van der Waals surface area contributed by atoms with Crippen molar-refractivity contribution in [1.82, 2.24) is 4.90 Å². The number of carbonyl (C=O) groups excluding carboxylic acids is 2. The minimum atomic E-state index is -3.83. The van der Waals surface area contributed by atoms with E-state index in [-0.39, 0.29) is 22.8 Å². The number of likely N-dealkylation sites (tertiary alicyclic amines) is 1. The molecule has 0 bridgehead atoms. The molecule has 1 fully saturated rings. The molecule has 3 aromatic rings. The Bertz CT molecular complexity index is 1470. The molecule has 0 aromatic heterocycles. The molecule has 0 saturated carbocycles. The minimum absolute atomic E-state index is 0.0249. The molecule has 3 aromatic carbocycles. The smallest absolute Gasteiger partial charge is 0.295 e. The van der Waals surface area contributed by atoms with Crippen LogP contribution in [0.15, 0.2) is 83.3 Å². The lowest BCUT2D eigenvalue weighted by atomic mass is 9.95. The zero-order valence-electron chi connectivity index (χ0n) is 19.9. The lowest BCUT2D eigenvalue weighted by Crippen LogP contribution is -2.31. The van der Waals surface area contributed by atoms with E-state index < -0.39 is 27.8 Å². The van der Waals surface area contributed by atoms with Gasteiger partial charge in [0.25, 0.3) is 11.7 Å². The van der Waals surface area contributed by atoms with Gasteiger partial charge in [-0.05, 0) is 66.9 Å². The highest BCUT2D eigenvalue weighted by Crippen LogP contribution is 2.42. The highest BCUT2D eigenvalue weighted by Gasteiger charge is 2.46. The first kappa shape index (κ1) is 26.4. The van der Waals surface area contributed by atoms with Crippen LogP contribution in [0.2, 0.25) is 5.02 Å². The number of halogens is 1. The van der Waals surface area contributed by atoms with Crippen molar-refractivity contribution in [2.45, 2.75) is 24.3 Å². The summed E-state index contributed by atoms with van der Waals surface area (Å²) >= 11 is 6.48. The van der Waals surface area contributed by atoms with E-state index in [1.54, 1.807) is 60.7 Å². The van der Waals surface area contributed by atoms with Crippen LogP contribution >= 0.6 is 11.6 Å². The van der Waals surface area contributed by atoms with E-state index in [0.29, 0.717) is 34.9 Å². The number of carbonyl (C=O) groups is 2. The Morgan fingerprint density at radius 3 is 2.27 bits per heavy atom. The van der Waals surface area contributed by atoms with Gasteiger partial charge in [-0.1, -0.05) is 41.9 Å². The van der Waals surface area contributed by atoms with Gasteiger partial charge < -0.3 is 14.7 Å². The standard InChI is InChI=1S/C27H25ClN2O6S/c1-2-36-19-11-9-18(10-12-19)25(31)23-24(21-5-3-4-6-22(21)28)30(27(33)26(23)32)16-15-17-7-13-20(14-8-17)37(29,34)35/h3-14,24,31H,2,15-16H2,1H3,(H2,29,34,35)/t24-/m1/s1. The predicted molar refractivity (Wildman–Crippen MR) is 140 cm³/mol. The number of amides is 1. The van der Waals surface area contributed by atoms with Crippen LogP contribution in [0.4, 0.5) is 0 Å². The average Bonchev–Trinajstić information content (AvgIpc) is 3.12. The van der Waals surface area contributed by atoms with E-state index in [4.69, 9.17) is 21.5 Å². The Labute approximate surface area is 220 Å². The molecule has 1 aliphatic heterocycles. The fraction of sp³-hybridized carbons (Fsp3) is 0.185. The Morgan fingerprint density at radius 1 is 1.03 bits per heavy atom. The van der Waals surface area contributed by atoms with Crippen molar-refractivity contribution in [1.29, 1.82) is 0 Å². The molecule has 37 heavy (non-hydrogen) atoms. The van der Waals surface area contributed by atoms with Gasteiger partial charge in [-0.25, -0.2) is 13.6 Å². The second kappa shape index (κ2) is 10.8. The second-order valence-corrected chi connectivity index (χ2v) is 10.4. The lowest BCUT2D eigenvalue weighted by Gasteiger charge is -2.26. The SMILES string of the molecule is CCOc1ccc(C(O)=C2C(=O)C(=O)N(CCc3ccc(S(N)(=O)=O)cc3)[C@@H]2c2ccccc2Cl)cc1. The number of rotatable bonds is 8. The van der Waals surface area contributed by atoms with Crippen molar-refractivity contribution >= 4 is 39.1 Å². The summed E-state index contributed by atoms with van der Waals surface area (Å²) in [5.74, 6) is -1.29. The van der Waals surface area contributed by atoms with Crippen LogP contribution in [0.1, 0.15) is 29.7 Å². The summed E-state index contributed by atoms with van der Waals surface area (Å²) in [6, 6.07) is 18.5. The topological polar surface area (TPSA) is 127 Å². The van der Waals surface area contributed by atoms with Crippen molar-refractivity contribution < 1.29 is 27.9 Å². The first-order valence-electron chi connectivity index (χ1n) is 11.5. The summed E-state index contributed by atoms with van der Waals surface area (Å²) in [6.45, 7) is 2.45. The third kappa shape index (κ3) is 5.53. The van der Waals surface area contributed by atoms with Crippen LogP contribution in [0.3, 0.4) is 0 Å². The molecule has 8 nitrogen and oxygen atoms in total. The summed E-state index contributed by atoms with van der Waals surface area (Å²) in [6.07, 6.45) is 0.321. The van der Waals surface area contributed by atoms with Gasteiger partial charge in [0.1, 0.15) is 11.5 Å². The Hall–Kier alpha value is -3.66. The van der Waals surface area contributed by atoms with Crippen molar-refractivity contribution in [3.05, 3.63) is 100 Å². The van der Waals surface area contributed by atoms with Crippen LogP contribution in [0.5, 0.6) is 5.75 Å². The van der Waals surface area contributed by atoms with Crippen LogP contribution in [-0.2, 0) is 26.0 Å². The number of sulfonamides is 1. The van der Waals surface area contributed by atoms with E-state index in [0.717, 1.165) is 5.56 Å². The van der Waals surface area contributed by atoms with E-state index in [2.05, 4.69) is 0 Å². The van der Waals surface area contributed by atoms with E-state index in [1.807, 2.05) is 6.92 Å². The summed E-state index contributed by atoms with van der Waals surface area (Å²) in [5, 5.41) is 16.7. The van der Waals surface area contributed by atoms with Crippen molar-refractivity contribution in [2.75, 3.05) is 13.2 Å². The first-order chi connectivity index (χ1) is 17.6. The maximum Gasteiger partial charge on any atom is 0.295 e. The number of ketones is 1. The molecule has 3 N–H and O–H groups in total. The lowest BCUT2D eigenvalue weighted by molar-refractivity contribution is -0.139. The molecule has 1 aliphatic rings. The first-order valence-corrected chi connectivity index (χ1v) is 13.4. The van der Waals surface area contributed by atoms with Crippen LogP contribution in [-0.4, -0.2) is 43.3 Å². The number of benzene rings is 3. The number of ether oxygens (including phenoxy) is 1. The zero-order chi connectivity index (χ0) is 26.7. The fourth-order valence-corrected chi connectivity index (χ4v) is 5.01. The molecular weight excluding hydrogens is 516 g/mol. The van der Waals surface area contributed by atoms with Crippen molar-refractivity contribution in [3.8, 4) is 5.75 Å². The molecule has 0 aliphatic carbocycles. The molecule has 192 valence electrons. The van der Waals surface area contributed by atoms with Crippen LogP contribution < -0.4 is 9.88 Å². The number of hydrogen-bond donors (Lipinski definition) is 2. The average molecular weight is 541 g/mol. The molecule has 4 rings (SSSR count). The quantitative estimate of drug-likeness (QED) is 0.252. The Morgan fingerprint density at radius 2 is 1.68 bits per heavy atom. The van der Waals surface area contributed by atoms with Gasteiger partial charge in [-0.3, -0.25) is 9.59 Å². The minimum Gasteiger partial charge on any atom is -0.507 e. The number of nitrogens with two attached hydrogens (primary N) is 1. The summed E-state index contributed by atoms with van der Waals surface area (Å²) in [4.78, 5) is 27.7. The maximum atomic E-state index is 13.2. The maximum absolute atomic E-state index is 13.2. The number of aliphatic hydroxyl groups excluding tert-OH is 1. The summed E-state index contributed by atoms with van der Waals surface area (Å²) in [5.41, 5.74) is 1.53. The van der Waals surface area contributed by atoms with Gasteiger partial charge in [0.05, 0.1) is 23.1 Å². The Kier molecular flexibility index (Phi) is 7.68. The van der Waals surface area contributed by atoms with Gasteiger partial charge in [0.2, 0.25) is 10.0 Å². The molecule has 0 unspecified atom stereocenters. The molecule has 0 radical (unpaired) electrons. The molecule has 1 amide bonds. The molecule has 1 saturated heterocycles. The molecule has 1 atom stereocenters. The van der Waals surface area contributed by atoms with Gasteiger partial charge in [-0.15, -0.1) is 0 Å². The normalized spacial score (nSPS) is 17.3. The monoisotopic (exact) mass is 540 g/mol. The number of primary sulfonamides is 1. The largest absolute Gasteiger partial charge is 0.507 e. The third-order valence-corrected chi connectivity index (χ3v) is 7.35. The molecule has 0 spiro atoms. The van der Waals surface area contributed by atoms with Gasteiger partial charge in [0.15, 0.2) is 0 Å². The third-order valence-electron chi connectivity index (χ3n) is 6.07. The number of nitrogens with zero attached hydrogens (tertiary/aromatic N) is 1. The van der Waals surface area contributed by atoms with E-state index >= 15 is 0 Å².